The lowest BCUT2D eigenvalue weighted by atomic mass is 10.0. The summed E-state index contributed by atoms with van der Waals surface area (Å²) in [5.74, 6) is -1.34. The van der Waals surface area contributed by atoms with E-state index in [1.54, 1.807) is 18.2 Å². The Balaban J connectivity index is 1.79. The molecule has 0 spiro atoms. The second-order valence-corrected chi connectivity index (χ2v) is 6.86. The van der Waals surface area contributed by atoms with Crippen LogP contribution in [0.25, 0.3) is 22.0 Å². The zero-order valence-corrected chi connectivity index (χ0v) is 14.9. The van der Waals surface area contributed by atoms with Crippen LogP contribution >= 0.6 is 0 Å². The molecule has 1 aromatic heterocycles. The molecular weight excluding hydrogens is 373 g/mol. The van der Waals surface area contributed by atoms with Crippen molar-refractivity contribution in [2.75, 3.05) is 11.9 Å². The van der Waals surface area contributed by atoms with Crippen molar-refractivity contribution in [2.24, 2.45) is 0 Å². The van der Waals surface area contributed by atoms with Gasteiger partial charge in [0.05, 0.1) is 0 Å². The van der Waals surface area contributed by atoms with E-state index in [0.717, 1.165) is 29.5 Å². The third kappa shape index (κ3) is 3.62. The molecule has 0 bridgehead atoms. The number of aromatic nitrogens is 1. The fourth-order valence-electron chi connectivity index (χ4n) is 3.30. The van der Waals surface area contributed by atoms with Crippen molar-refractivity contribution >= 4 is 22.6 Å². The Labute approximate surface area is 158 Å². The van der Waals surface area contributed by atoms with Crippen LogP contribution in [0.1, 0.15) is 23.3 Å². The number of H-pyrrole nitrogens is 1. The van der Waals surface area contributed by atoms with Crippen molar-refractivity contribution in [3.8, 4) is 16.9 Å². The van der Waals surface area contributed by atoms with Crippen molar-refractivity contribution < 1.29 is 27.8 Å². The lowest BCUT2D eigenvalue weighted by Crippen LogP contribution is -2.20. The Morgan fingerprint density at radius 1 is 1.18 bits per heavy atom. The van der Waals surface area contributed by atoms with E-state index < -0.39 is 12.3 Å². The summed E-state index contributed by atoms with van der Waals surface area (Å²) < 4.78 is 41.1. The molecule has 0 unspecified atom stereocenters. The van der Waals surface area contributed by atoms with Crippen molar-refractivity contribution in [2.45, 2.75) is 25.2 Å². The van der Waals surface area contributed by atoms with Crippen LogP contribution in [0.15, 0.2) is 42.5 Å². The number of alkyl halides is 3. The molecule has 28 heavy (non-hydrogen) atoms. The number of aromatic carboxylic acids is 1. The molecular formula is C20H17F3N2O3. The highest BCUT2D eigenvalue weighted by Gasteiger charge is 2.31. The minimum atomic E-state index is -4.74. The summed E-state index contributed by atoms with van der Waals surface area (Å²) in [6.07, 6.45) is -2.60. The van der Waals surface area contributed by atoms with E-state index in [0.29, 0.717) is 17.1 Å². The van der Waals surface area contributed by atoms with E-state index in [9.17, 15) is 23.1 Å². The summed E-state index contributed by atoms with van der Waals surface area (Å²) in [7, 11) is 1.97. The predicted octanol–water partition coefficient (Wildman–Crippen LogP) is 5.03. The molecule has 1 heterocycles. The first-order valence-corrected chi connectivity index (χ1v) is 8.70. The van der Waals surface area contributed by atoms with E-state index in [1.807, 2.05) is 19.2 Å². The first-order chi connectivity index (χ1) is 13.2. The van der Waals surface area contributed by atoms with E-state index in [1.165, 1.54) is 12.1 Å². The average Bonchev–Trinajstić information content (AvgIpc) is 3.38. The number of rotatable bonds is 5. The number of nitrogens with zero attached hydrogens (tertiary/aromatic N) is 1. The predicted molar refractivity (Wildman–Crippen MR) is 98.8 cm³/mol. The molecule has 0 amide bonds. The number of nitrogens with one attached hydrogen (secondary N) is 1. The highest BCUT2D eigenvalue weighted by molar-refractivity contribution is 5.98. The molecule has 5 nitrogen and oxygen atoms in total. The largest absolute Gasteiger partial charge is 0.573 e. The summed E-state index contributed by atoms with van der Waals surface area (Å²) in [5, 5.41) is 9.99. The SMILES string of the molecule is CN(c1cc2cc(C(=O)O)[nH]c2cc1-c1ccc(OC(F)(F)F)cc1)C1CC1. The van der Waals surface area contributed by atoms with Crippen LogP contribution < -0.4 is 9.64 Å². The molecule has 2 N–H and O–H groups in total. The van der Waals surface area contributed by atoms with Gasteiger partial charge in [0.25, 0.3) is 0 Å². The van der Waals surface area contributed by atoms with E-state index in [-0.39, 0.29) is 11.4 Å². The Bertz CT molecular complexity index is 1040. The molecule has 1 aliphatic carbocycles. The van der Waals surface area contributed by atoms with Crippen LogP contribution in [0.3, 0.4) is 0 Å². The van der Waals surface area contributed by atoms with Gasteiger partial charge in [-0.1, -0.05) is 12.1 Å². The number of halogens is 3. The van der Waals surface area contributed by atoms with Gasteiger partial charge < -0.3 is 19.7 Å². The summed E-state index contributed by atoms with van der Waals surface area (Å²) in [4.78, 5) is 16.3. The fraction of sp³-hybridized carbons (Fsp3) is 0.250. The van der Waals surface area contributed by atoms with Crippen molar-refractivity contribution in [3.05, 3.63) is 48.2 Å². The number of carboxylic acids is 1. The number of ether oxygens (including phenoxy) is 1. The molecule has 1 fully saturated rings. The standard InChI is InChI=1S/C20H17F3N2O3/c1-25(13-4-5-13)18-9-12-8-17(19(26)27)24-16(12)10-15(18)11-2-6-14(7-3-11)28-20(21,22)23/h2-3,6-10,13,24H,4-5H2,1H3,(H,26,27). The number of anilines is 1. The molecule has 8 heteroatoms. The number of hydrogen-bond donors (Lipinski definition) is 2. The van der Waals surface area contributed by atoms with Crippen molar-refractivity contribution in [1.29, 1.82) is 0 Å². The van der Waals surface area contributed by atoms with Gasteiger partial charge in [-0.25, -0.2) is 4.79 Å². The highest BCUT2D eigenvalue weighted by Crippen LogP contribution is 2.40. The smallest absolute Gasteiger partial charge is 0.477 e. The first kappa shape index (κ1) is 18.2. The van der Waals surface area contributed by atoms with E-state index >= 15 is 0 Å². The number of carboxylic acid groups (broad SMARTS) is 1. The molecule has 0 atom stereocenters. The number of fused-ring (bicyclic) bond motifs is 1. The lowest BCUT2D eigenvalue weighted by molar-refractivity contribution is -0.274. The summed E-state index contributed by atoms with van der Waals surface area (Å²) in [6, 6.07) is 11.4. The third-order valence-electron chi connectivity index (χ3n) is 4.84. The number of aromatic amines is 1. The maximum Gasteiger partial charge on any atom is 0.573 e. The van der Waals surface area contributed by atoms with Gasteiger partial charge in [0, 0.05) is 35.2 Å². The van der Waals surface area contributed by atoms with Crippen LogP contribution in [-0.4, -0.2) is 35.5 Å². The van der Waals surface area contributed by atoms with Crippen LogP contribution in [-0.2, 0) is 0 Å². The second-order valence-electron chi connectivity index (χ2n) is 6.86. The Morgan fingerprint density at radius 2 is 1.86 bits per heavy atom. The number of hydrogen-bond acceptors (Lipinski definition) is 3. The Morgan fingerprint density at radius 3 is 2.43 bits per heavy atom. The Kier molecular flexibility index (Phi) is 4.21. The normalized spacial score (nSPS) is 14.3. The zero-order chi connectivity index (χ0) is 20.1. The van der Waals surface area contributed by atoms with Gasteiger partial charge >= 0.3 is 12.3 Å². The monoisotopic (exact) mass is 390 g/mol. The van der Waals surface area contributed by atoms with Gasteiger partial charge in [0.1, 0.15) is 11.4 Å². The molecule has 4 rings (SSSR count). The summed E-state index contributed by atoms with van der Waals surface area (Å²) >= 11 is 0. The lowest BCUT2D eigenvalue weighted by Gasteiger charge is -2.23. The van der Waals surface area contributed by atoms with Gasteiger partial charge in [-0.05, 0) is 48.7 Å². The topological polar surface area (TPSA) is 65.6 Å². The highest BCUT2D eigenvalue weighted by atomic mass is 19.4. The molecule has 1 aliphatic rings. The minimum Gasteiger partial charge on any atom is -0.477 e. The maximum absolute atomic E-state index is 12.4. The third-order valence-corrected chi connectivity index (χ3v) is 4.84. The van der Waals surface area contributed by atoms with Crippen molar-refractivity contribution in [1.82, 2.24) is 4.98 Å². The minimum absolute atomic E-state index is 0.0844. The van der Waals surface area contributed by atoms with E-state index in [4.69, 9.17) is 0 Å². The number of benzene rings is 2. The quantitative estimate of drug-likeness (QED) is 0.641. The summed E-state index contributed by atoms with van der Waals surface area (Å²) in [5.41, 5.74) is 3.15. The van der Waals surface area contributed by atoms with Gasteiger partial charge in [0.2, 0.25) is 0 Å². The number of carbonyl (C=O) groups is 1. The summed E-state index contributed by atoms with van der Waals surface area (Å²) in [6.45, 7) is 0. The van der Waals surface area contributed by atoms with Crippen molar-refractivity contribution in [3.63, 3.8) is 0 Å². The van der Waals surface area contributed by atoms with E-state index in [2.05, 4.69) is 14.6 Å². The molecule has 146 valence electrons. The van der Waals surface area contributed by atoms with Gasteiger partial charge in [-0.2, -0.15) is 0 Å². The first-order valence-electron chi connectivity index (χ1n) is 8.70. The zero-order valence-electron chi connectivity index (χ0n) is 14.9. The molecule has 0 radical (unpaired) electrons. The van der Waals surface area contributed by atoms with Gasteiger partial charge in [-0.3, -0.25) is 0 Å². The van der Waals surface area contributed by atoms with Crippen LogP contribution in [0.2, 0.25) is 0 Å². The van der Waals surface area contributed by atoms with Gasteiger partial charge in [-0.15, -0.1) is 13.2 Å². The van der Waals surface area contributed by atoms with Crippen LogP contribution in [0.4, 0.5) is 18.9 Å². The average molecular weight is 390 g/mol. The van der Waals surface area contributed by atoms with Crippen LogP contribution in [0, 0.1) is 0 Å². The Hall–Kier alpha value is -3.16. The molecule has 2 aromatic carbocycles. The molecule has 1 saturated carbocycles. The molecule has 0 aliphatic heterocycles. The van der Waals surface area contributed by atoms with Gasteiger partial charge in [0.15, 0.2) is 0 Å². The molecule has 3 aromatic rings. The second kappa shape index (κ2) is 6.47. The molecule has 0 saturated heterocycles. The fourth-order valence-corrected chi connectivity index (χ4v) is 3.30. The maximum atomic E-state index is 12.4. The van der Waals surface area contributed by atoms with Crippen LogP contribution in [0.5, 0.6) is 5.75 Å².